The van der Waals surface area contributed by atoms with Crippen LogP contribution < -0.4 is 5.32 Å². The highest BCUT2D eigenvalue weighted by Gasteiger charge is 2.23. The summed E-state index contributed by atoms with van der Waals surface area (Å²) in [7, 11) is 1.87. The molecule has 1 aromatic rings. The third-order valence-corrected chi connectivity index (χ3v) is 2.50. The third-order valence-electron chi connectivity index (χ3n) is 2.26. The molecule has 0 saturated carbocycles. The summed E-state index contributed by atoms with van der Waals surface area (Å²) in [6.45, 7) is 4.60. The first-order valence-electron chi connectivity index (χ1n) is 4.78. The van der Waals surface area contributed by atoms with Gasteiger partial charge in [-0.2, -0.15) is 5.10 Å². The van der Waals surface area contributed by atoms with Gasteiger partial charge in [-0.15, -0.1) is 11.6 Å². The van der Waals surface area contributed by atoms with E-state index in [9.17, 15) is 4.79 Å². The third kappa shape index (κ3) is 3.23. The predicted octanol–water partition coefficient (Wildman–Crippen LogP) is 1.05. The maximum atomic E-state index is 11.0. The number of alkyl halides is 1. The summed E-state index contributed by atoms with van der Waals surface area (Å²) in [6.07, 6.45) is 1.89. The number of amides is 1. The van der Waals surface area contributed by atoms with Crippen LogP contribution in [0.3, 0.4) is 0 Å². The van der Waals surface area contributed by atoms with Crippen LogP contribution in [0.2, 0.25) is 0 Å². The predicted molar refractivity (Wildman–Crippen MR) is 60.0 cm³/mol. The molecule has 0 saturated heterocycles. The van der Waals surface area contributed by atoms with Crippen LogP contribution in [0.1, 0.15) is 19.5 Å². The molecule has 4 nitrogen and oxygen atoms in total. The van der Waals surface area contributed by atoms with Crippen LogP contribution in [0.4, 0.5) is 0 Å². The van der Waals surface area contributed by atoms with Crippen molar-refractivity contribution >= 4 is 17.5 Å². The van der Waals surface area contributed by atoms with Crippen molar-refractivity contribution in [2.75, 3.05) is 12.4 Å². The summed E-state index contributed by atoms with van der Waals surface area (Å²) in [6, 6.07) is 1.95. The number of halogens is 1. The summed E-state index contributed by atoms with van der Waals surface area (Å²) >= 11 is 5.40. The number of carbonyl (C=O) groups is 1. The van der Waals surface area contributed by atoms with Gasteiger partial charge in [0.15, 0.2) is 0 Å². The lowest BCUT2D eigenvalue weighted by Gasteiger charge is -2.22. The van der Waals surface area contributed by atoms with E-state index in [0.717, 1.165) is 5.69 Å². The van der Waals surface area contributed by atoms with E-state index in [-0.39, 0.29) is 17.2 Å². The smallest absolute Gasteiger partial charge is 0.234 e. The van der Waals surface area contributed by atoms with Crippen LogP contribution in [0, 0.1) is 0 Å². The molecule has 0 atom stereocenters. The van der Waals surface area contributed by atoms with Gasteiger partial charge in [0.2, 0.25) is 5.91 Å². The van der Waals surface area contributed by atoms with E-state index in [1.54, 1.807) is 4.68 Å². The van der Waals surface area contributed by atoms with E-state index >= 15 is 0 Å². The molecule has 0 radical (unpaired) electrons. The fraction of sp³-hybridized carbons (Fsp3) is 0.600. The molecule has 0 aliphatic carbocycles. The number of hydrogen-bond acceptors (Lipinski definition) is 2. The Morgan fingerprint density at radius 2 is 2.33 bits per heavy atom. The molecule has 0 aliphatic rings. The molecule has 1 amide bonds. The van der Waals surface area contributed by atoms with E-state index in [4.69, 9.17) is 11.6 Å². The number of aromatic nitrogens is 2. The van der Waals surface area contributed by atoms with Crippen molar-refractivity contribution in [1.82, 2.24) is 15.1 Å². The molecule has 0 spiro atoms. The second-order valence-electron chi connectivity index (χ2n) is 4.17. The van der Waals surface area contributed by atoms with Gasteiger partial charge in [0.05, 0.1) is 5.69 Å². The van der Waals surface area contributed by atoms with Gasteiger partial charge in [0.1, 0.15) is 5.88 Å². The number of nitrogens with one attached hydrogen (secondary N) is 1. The Kier molecular flexibility index (Phi) is 3.74. The zero-order valence-electron chi connectivity index (χ0n) is 9.25. The minimum absolute atomic E-state index is 0.00169. The Bertz CT molecular complexity index is 346. The Balaban J connectivity index is 2.63. The quantitative estimate of drug-likeness (QED) is 0.785. The van der Waals surface area contributed by atoms with Crippen LogP contribution in [-0.4, -0.2) is 28.1 Å². The minimum Gasteiger partial charge on any atom is -0.354 e. The first-order valence-corrected chi connectivity index (χ1v) is 5.32. The fourth-order valence-electron chi connectivity index (χ4n) is 1.23. The first kappa shape index (κ1) is 12.0. The summed E-state index contributed by atoms with van der Waals surface area (Å²) in [5.41, 5.74) is 0.781. The van der Waals surface area contributed by atoms with Crippen molar-refractivity contribution in [3.8, 4) is 0 Å². The van der Waals surface area contributed by atoms with Gasteiger partial charge in [-0.3, -0.25) is 9.48 Å². The molecular formula is C10H16ClN3O. The summed E-state index contributed by atoms with van der Waals surface area (Å²) in [4.78, 5) is 11.0. The van der Waals surface area contributed by atoms with E-state index < -0.39 is 0 Å². The molecule has 0 aromatic carbocycles. The van der Waals surface area contributed by atoms with Gasteiger partial charge in [-0.05, 0) is 6.07 Å². The standard InChI is InChI=1S/C10H16ClN3O/c1-10(2,7-12-9(15)6-11)8-4-5-14(3)13-8/h4-5H,6-7H2,1-3H3,(H,12,15). The van der Waals surface area contributed by atoms with Crippen molar-refractivity contribution in [3.05, 3.63) is 18.0 Å². The van der Waals surface area contributed by atoms with Gasteiger partial charge in [-0.25, -0.2) is 0 Å². The van der Waals surface area contributed by atoms with Crippen molar-refractivity contribution in [2.45, 2.75) is 19.3 Å². The lowest BCUT2D eigenvalue weighted by molar-refractivity contribution is -0.118. The van der Waals surface area contributed by atoms with Crippen LogP contribution in [0.5, 0.6) is 0 Å². The maximum absolute atomic E-state index is 11.0. The molecule has 0 unspecified atom stereocenters. The van der Waals surface area contributed by atoms with Crippen molar-refractivity contribution < 1.29 is 4.79 Å². The molecule has 0 aliphatic heterocycles. The van der Waals surface area contributed by atoms with Crippen LogP contribution in [0.15, 0.2) is 12.3 Å². The maximum Gasteiger partial charge on any atom is 0.234 e. The highest BCUT2D eigenvalue weighted by molar-refractivity contribution is 6.27. The highest BCUT2D eigenvalue weighted by atomic mass is 35.5. The summed E-state index contributed by atoms with van der Waals surface area (Å²) in [5.74, 6) is -0.154. The molecule has 15 heavy (non-hydrogen) atoms. The Labute approximate surface area is 94.6 Å². The van der Waals surface area contributed by atoms with Crippen molar-refractivity contribution in [1.29, 1.82) is 0 Å². The number of aryl methyl sites for hydroxylation is 1. The summed E-state index contributed by atoms with van der Waals surface area (Å²) < 4.78 is 1.75. The molecule has 0 bridgehead atoms. The van der Waals surface area contributed by atoms with Gasteiger partial charge in [-0.1, -0.05) is 13.8 Å². The second-order valence-corrected chi connectivity index (χ2v) is 4.44. The molecule has 1 heterocycles. The number of nitrogens with zero attached hydrogens (tertiary/aromatic N) is 2. The largest absolute Gasteiger partial charge is 0.354 e. The Morgan fingerprint density at radius 1 is 1.67 bits per heavy atom. The Hall–Kier alpha value is -1.03. The SMILES string of the molecule is Cn1ccc(C(C)(C)CNC(=O)CCl)n1. The first-order chi connectivity index (χ1) is 6.95. The number of carbonyl (C=O) groups excluding carboxylic acids is 1. The molecule has 84 valence electrons. The van der Waals surface area contributed by atoms with Gasteiger partial charge in [0, 0.05) is 25.2 Å². The average Bonchev–Trinajstić information content (AvgIpc) is 2.62. The zero-order valence-corrected chi connectivity index (χ0v) is 10.0. The monoisotopic (exact) mass is 229 g/mol. The van der Waals surface area contributed by atoms with Gasteiger partial charge >= 0.3 is 0 Å². The Morgan fingerprint density at radius 3 is 2.80 bits per heavy atom. The number of hydrogen-bond donors (Lipinski definition) is 1. The lowest BCUT2D eigenvalue weighted by atomic mass is 9.89. The van der Waals surface area contributed by atoms with Gasteiger partial charge in [0.25, 0.3) is 0 Å². The second kappa shape index (κ2) is 4.66. The van der Waals surface area contributed by atoms with Crippen LogP contribution in [0.25, 0.3) is 0 Å². The van der Waals surface area contributed by atoms with Gasteiger partial charge < -0.3 is 5.32 Å². The fourth-order valence-corrected chi connectivity index (χ4v) is 1.33. The van der Waals surface area contributed by atoms with E-state index in [0.29, 0.717) is 6.54 Å². The minimum atomic E-state index is -0.178. The topological polar surface area (TPSA) is 46.9 Å². The van der Waals surface area contributed by atoms with E-state index in [1.165, 1.54) is 0 Å². The zero-order chi connectivity index (χ0) is 11.5. The van der Waals surface area contributed by atoms with Crippen molar-refractivity contribution in [3.63, 3.8) is 0 Å². The molecule has 1 N–H and O–H groups in total. The van der Waals surface area contributed by atoms with E-state index in [2.05, 4.69) is 10.4 Å². The number of rotatable bonds is 4. The molecule has 1 rings (SSSR count). The van der Waals surface area contributed by atoms with Crippen LogP contribution >= 0.6 is 11.6 Å². The summed E-state index contributed by atoms with van der Waals surface area (Å²) in [5, 5.41) is 7.08. The van der Waals surface area contributed by atoms with Crippen molar-refractivity contribution in [2.24, 2.45) is 7.05 Å². The molecule has 1 aromatic heterocycles. The highest BCUT2D eigenvalue weighted by Crippen LogP contribution is 2.19. The molecule has 5 heteroatoms. The van der Waals surface area contributed by atoms with E-state index in [1.807, 2.05) is 33.2 Å². The normalized spacial score (nSPS) is 11.5. The lowest BCUT2D eigenvalue weighted by Crippen LogP contribution is -2.37. The molecular weight excluding hydrogens is 214 g/mol. The van der Waals surface area contributed by atoms with Crippen LogP contribution in [-0.2, 0) is 17.3 Å². The average molecular weight is 230 g/mol. The molecule has 0 fully saturated rings.